The van der Waals surface area contributed by atoms with Crippen molar-refractivity contribution < 1.29 is 9.53 Å². The number of carbonyl (C=O) groups excluding carboxylic acids is 1. The van der Waals surface area contributed by atoms with E-state index in [0.717, 1.165) is 0 Å². The van der Waals surface area contributed by atoms with Crippen LogP contribution in [0.5, 0.6) is 5.75 Å². The molecule has 0 bridgehead atoms. The van der Waals surface area contributed by atoms with Gasteiger partial charge in [-0.3, -0.25) is 4.79 Å². The standard InChI is InChI=1S/C8H6Cl2O2S/c9-5-1-2-6(10)7(3-5)12-8(11)4-13/h1-3,13H,4H2. The van der Waals surface area contributed by atoms with Crippen LogP contribution in [0.25, 0.3) is 0 Å². The van der Waals surface area contributed by atoms with Crippen LogP contribution in [0, 0.1) is 0 Å². The van der Waals surface area contributed by atoms with Gasteiger partial charge < -0.3 is 4.74 Å². The second kappa shape index (κ2) is 4.74. The lowest BCUT2D eigenvalue weighted by atomic mass is 10.3. The van der Waals surface area contributed by atoms with Gasteiger partial charge >= 0.3 is 5.97 Å². The molecule has 0 aromatic heterocycles. The van der Waals surface area contributed by atoms with Gasteiger partial charge in [-0.05, 0) is 12.1 Å². The fraction of sp³-hybridized carbons (Fsp3) is 0.125. The topological polar surface area (TPSA) is 26.3 Å². The maximum atomic E-state index is 10.8. The van der Waals surface area contributed by atoms with Crippen LogP contribution in [0.15, 0.2) is 18.2 Å². The average Bonchev–Trinajstić information content (AvgIpc) is 2.11. The van der Waals surface area contributed by atoms with Crippen molar-refractivity contribution in [1.82, 2.24) is 0 Å². The molecule has 0 N–H and O–H groups in total. The Morgan fingerprint density at radius 2 is 2.15 bits per heavy atom. The van der Waals surface area contributed by atoms with Crippen LogP contribution < -0.4 is 4.74 Å². The van der Waals surface area contributed by atoms with E-state index >= 15 is 0 Å². The Balaban J connectivity index is 2.87. The summed E-state index contributed by atoms with van der Waals surface area (Å²) in [5, 5.41) is 0.811. The average molecular weight is 237 g/mol. The number of ether oxygens (including phenoxy) is 1. The first-order valence-electron chi connectivity index (χ1n) is 3.40. The number of benzene rings is 1. The van der Waals surface area contributed by atoms with Gasteiger partial charge in [-0.1, -0.05) is 23.2 Å². The highest BCUT2D eigenvalue weighted by Gasteiger charge is 2.06. The molecule has 0 amide bonds. The van der Waals surface area contributed by atoms with Gasteiger partial charge in [0, 0.05) is 11.1 Å². The molecule has 0 aliphatic rings. The number of hydrogen-bond donors (Lipinski definition) is 1. The molecule has 0 aliphatic carbocycles. The van der Waals surface area contributed by atoms with Crippen LogP contribution in [-0.4, -0.2) is 11.7 Å². The predicted octanol–water partition coefficient (Wildman–Crippen LogP) is 2.83. The Labute approximate surface area is 91.2 Å². The molecule has 5 heteroatoms. The van der Waals surface area contributed by atoms with Crippen LogP contribution in [0.1, 0.15) is 0 Å². The molecule has 0 unspecified atom stereocenters. The molecule has 2 nitrogen and oxygen atoms in total. The van der Waals surface area contributed by atoms with E-state index in [1.165, 1.54) is 6.07 Å². The highest BCUT2D eigenvalue weighted by atomic mass is 35.5. The van der Waals surface area contributed by atoms with E-state index in [4.69, 9.17) is 27.9 Å². The largest absolute Gasteiger partial charge is 0.424 e. The van der Waals surface area contributed by atoms with Crippen molar-refractivity contribution in [3.05, 3.63) is 28.2 Å². The third-order valence-electron chi connectivity index (χ3n) is 1.25. The minimum Gasteiger partial charge on any atom is -0.424 e. The summed E-state index contributed by atoms with van der Waals surface area (Å²) in [4.78, 5) is 10.8. The van der Waals surface area contributed by atoms with Crippen molar-refractivity contribution >= 4 is 41.8 Å². The van der Waals surface area contributed by atoms with Crippen LogP contribution in [0.4, 0.5) is 0 Å². The molecule has 1 aromatic carbocycles. The maximum absolute atomic E-state index is 10.8. The van der Waals surface area contributed by atoms with E-state index in [9.17, 15) is 4.79 Å². The van der Waals surface area contributed by atoms with Crippen molar-refractivity contribution in [3.8, 4) is 5.75 Å². The molecule has 0 heterocycles. The van der Waals surface area contributed by atoms with Crippen molar-refractivity contribution in [2.24, 2.45) is 0 Å². The summed E-state index contributed by atoms with van der Waals surface area (Å²) in [6.45, 7) is 0. The number of hydrogen-bond acceptors (Lipinski definition) is 3. The molecule has 1 aromatic rings. The van der Waals surface area contributed by atoms with Crippen molar-refractivity contribution in [2.45, 2.75) is 0 Å². The molecular formula is C8H6Cl2O2S. The van der Waals surface area contributed by atoms with Crippen molar-refractivity contribution in [1.29, 1.82) is 0 Å². The lowest BCUT2D eigenvalue weighted by Crippen LogP contribution is -2.09. The van der Waals surface area contributed by atoms with Gasteiger partial charge in [0.1, 0.15) is 0 Å². The lowest BCUT2D eigenvalue weighted by molar-refractivity contribution is -0.131. The minimum absolute atomic E-state index is 0.00282. The second-order valence-corrected chi connectivity index (χ2v) is 3.37. The van der Waals surface area contributed by atoms with Gasteiger partial charge in [-0.15, -0.1) is 0 Å². The van der Waals surface area contributed by atoms with E-state index in [2.05, 4.69) is 12.6 Å². The molecule has 70 valence electrons. The fourth-order valence-electron chi connectivity index (χ4n) is 0.710. The zero-order chi connectivity index (χ0) is 9.84. The number of halogens is 2. The summed E-state index contributed by atoms with van der Waals surface area (Å²) >= 11 is 15.2. The molecule has 1 rings (SSSR count). The first-order valence-corrected chi connectivity index (χ1v) is 4.79. The molecule has 0 atom stereocenters. The zero-order valence-corrected chi connectivity index (χ0v) is 8.87. The molecular weight excluding hydrogens is 231 g/mol. The normalized spacial score (nSPS) is 9.77. The van der Waals surface area contributed by atoms with Gasteiger partial charge in [0.15, 0.2) is 5.75 Å². The van der Waals surface area contributed by atoms with Crippen LogP contribution in [0.3, 0.4) is 0 Å². The summed E-state index contributed by atoms with van der Waals surface area (Å²) in [5.74, 6) is -0.205. The third kappa shape index (κ3) is 3.10. The Kier molecular flexibility index (Phi) is 3.90. The third-order valence-corrected chi connectivity index (χ3v) is 2.05. The molecule has 0 aliphatic heterocycles. The summed E-state index contributed by atoms with van der Waals surface area (Å²) < 4.78 is 4.84. The highest BCUT2D eigenvalue weighted by molar-refractivity contribution is 7.81. The van der Waals surface area contributed by atoms with Crippen LogP contribution in [-0.2, 0) is 4.79 Å². The SMILES string of the molecule is O=C(CS)Oc1cc(Cl)ccc1Cl. The lowest BCUT2D eigenvalue weighted by Gasteiger charge is -2.04. The molecule has 0 radical (unpaired) electrons. The number of carbonyl (C=O) groups is 1. The first kappa shape index (κ1) is 10.7. The van der Waals surface area contributed by atoms with E-state index in [1.807, 2.05) is 0 Å². The number of rotatable bonds is 2. The molecule has 13 heavy (non-hydrogen) atoms. The highest BCUT2D eigenvalue weighted by Crippen LogP contribution is 2.27. The summed E-state index contributed by atoms with van der Waals surface area (Å²) in [7, 11) is 0. The van der Waals surface area contributed by atoms with E-state index in [1.54, 1.807) is 12.1 Å². The molecule has 0 fully saturated rings. The number of esters is 1. The maximum Gasteiger partial charge on any atom is 0.321 e. The van der Waals surface area contributed by atoms with E-state index in [0.29, 0.717) is 10.0 Å². The number of thiol groups is 1. The van der Waals surface area contributed by atoms with Crippen molar-refractivity contribution in [3.63, 3.8) is 0 Å². The van der Waals surface area contributed by atoms with Gasteiger partial charge in [0.2, 0.25) is 0 Å². The Hall–Kier alpha value is -0.380. The van der Waals surface area contributed by atoms with Crippen LogP contribution in [0.2, 0.25) is 10.0 Å². The summed E-state index contributed by atoms with van der Waals surface area (Å²) in [5.41, 5.74) is 0. The molecule has 0 spiro atoms. The van der Waals surface area contributed by atoms with Crippen molar-refractivity contribution in [2.75, 3.05) is 5.75 Å². The summed E-state index contributed by atoms with van der Waals surface area (Å²) in [6, 6.07) is 4.65. The van der Waals surface area contributed by atoms with Gasteiger partial charge in [-0.25, -0.2) is 0 Å². The predicted molar refractivity (Wildman–Crippen MR) is 56.0 cm³/mol. The van der Waals surface area contributed by atoms with E-state index < -0.39 is 5.97 Å². The van der Waals surface area contributed by atoms with Gasteiger partial charge in [0.05, 0.1) is 10.8 Å². The van der Waals surface area contributed by atoms with Gasteiger partial charge in [-0.2, -0.15) is 12.6 Å². The smallest absolute Gasteiger partial charge is 0.321 e. The Bertz CT molecular complexity index is 328. The Morgan fingerprint density at radius 1 is 1.46 bits per heavy atom. The quantitative estimate of drug-likeness (QED) is 0.486. The monoisotopic (exact) mass is 236 g/mol. The molecule has 0 saturated carbocycles. The summed E-state index contributed by atoms with van der Waals surface area (Å²) in [6.07, 6.45) is 0. The Morgan fingerprint density at radius 3 is 2.77 bits per heavy atom. The zero-order valence-electron chi connectivity index (χ0n) is 6.46. The second-order valence-electron chi connectivity index (χ2n) is 2.21. The van der Waals surface area contributed by atoms with Crippen LogP contribution >= 0.6 is 35.8 Å². The van der Waals surface area contributed by atoms with Gasteiger partial charge in [0.25, 0.3) is 0 Å². The fourth-order valence-corrected chi connectivity index (χ4v) is 1.09. The molecule has 0 saturated heterocycles. The first-order chi connectivity index (χ1) is 6.13. The van der Waals surface area contributed by atoms with E-state index in [-0.39, 0.29) is 11.5 Å². The minimum atomic E-state index is -0.465.